The van der Waals surface area contributed by atoms with Crippen LogP contribution in [0.15, 0.2) is 54.6 Å². The summed E-state index contributed by atoms with van der Waals surface area (Å²) in [4.78, 5) is 41.4. The number of halogens is 1. The molecule has 1 unspecified atom stereocenters. The zero-order valence-corrected chi connectivity index (χ0v) is 17.3. The Balaban J connectivity index is 1.85. The number of carbonyl (C=O) groups is 3. The molecule has 1 atom stereocenters. The third kappa shape index (κ3) is 4.35. The second-order valence-electron chi connectivity index (χ2n) is 7.80. The normalized spacial score (nSPS) is 16.7. The molecule has 0 bridgehead atoms. The number of amides is 3. The van der Waals surface area contributed by atoms with Gasteiger partial charge in [0.15, 0.2) is 6.61 Å². The number of rotatable bonds is 7. The topological polar surface area (TPSA) is 66.9 Å². The van der Waals surface area contributed by atoms with E-state index in [9.17, 15) is 18.8 Å². The standard InChI is InChI=1S/C23H25FN2O4/c1-4-23(2,3)26(21(28)15-30-18-8-6-5-7-9-18)19-14-20(27)25(22(19)29)17-12-10-16(24)11-13-17/h5-13,19H,4,14-15H2,1-3H3. The number of ether oxygens (including phenoxy) is 1. The summed E-state index contributed by atoms with van der Waals surface area (Å²) in [5.41, 5.74) is -0.382. The van der Waals surface area contributed by atoms with Crippen LogP contribution >= 0.6 is 0 Å². The van der Waals surface area contributed by atoms with Gasteiger partial charge in [0, 0.05) is 5.54 Å². The fourth-order valence-electron chi connectivity index (χ4n) is 3.51. The lowest BCUT2D eigenvalue weighted by Gasteiger charge is -2.41. The molecule has 1 aliphatic rings. The van der Waals surface area contributed by atoms with E-state index in [4.69, 9.17) is 4.74 Å². The van der Waals surface area contributed by atoms with E-state index in [0.29, 0.717) is 12.2 Å². The summed E-state index contributed by atoms with van der Waals surface area (Å²) in [6.07, 6.45) is 0.454. The molecule has 0 N–H and O–H groups in total. The fourth-order valence-corrected chi connectivity index (χ4v) is 3.51. The van der Waals surface area contributed by atoms with Gasteiger partial charge in [0.05, 0.1) is 12.1 Å². The number of carbonyl (C=O) groups excluding carboxylic acids is 3. The van der Waals surface area contributed by atoms with Crippen molar-refractivity contribution in [2.24, 2.45) is 0 Å². The number of imide groups is 1. The molecule has 6 nitrogen and oxygen atoms in total. The van der Waals surface area contributed by atoms with E-state index in [2.05, 4.69) is 0 Å². The monoisotopic (exact) mass is 412 g/mol. The molecule has 0 spiro atoms. The zero-order valence-electron chi connectivity index (χ0n) is 17.3. The Morgan fingerprint density at radius 3 is 2.37 bits per heavy atom. The van der Waals surface area contributed by atoms with Gasteiger partial charge in [-0.15, -0.1) is 0 Å². The number of hydrogen-bond donors (Lipinski definition) is 0. The lowest BCUT2D eigenvalue weighted by Crippen LogP contribution is -2.56. The Bertz CT molecular complexity index is 928. The molecule has 158 valence electrons. The van der Waals surface area contributed by atoms with Gasteiger partial charge in [-0.25, -0.2) is 9.29 Å². The largest absolute Gasteiger partial charge is 0.484 e. The van der Waals surface area contributed by atoms with Crippen molar-refractivity contribution in [2.45, 2.75) is 45.2 Å². The van der Waals surface area contributed by atoms with Gasteiger partial charge in [-0.2, -0.15) is 0 Å². The molecule has 0 aromatic heterocycles. The van der Waals surface area contributed by atoms with E-state index in [0.717, 1.165) is 4.90 Å². The maximum atomic E-state index is 13.3. The van der Waals surface area contributed by atoms with Crippen molar-refractivity contribution in [3.63, 3.8) is 0 Å². The SMILES string of the molecule is CCC(C)(C)N(C(=O)COc1ccccc1)C1CC(=O)N(c2ccc(F)cc2)C1=O. The molecular weight excluding hydrogens is 387 g/mol. The summed E-state index contributed by atoms with van der Waals surface area (Å²) in [7, 11) is 0. The predicted octanol–water partition coefficient (Wildman–Crippen LogP) is 3.55. The fraction of sp³-hybridized carbons (Fsp3) is 0.348. The van der Waals surface area contributed by atoms with Gasteiger partial charge >= 0.3 is 0 Å². The Morgan fingerprint density at radius 1 is 1.13 bits per heavy atom. The van der Waals surface area contributed by atoms with Crippen LogP contribution in [0.1, 0.15) is 33.6 Å². The molecule has 7 heteroatoms. The first-order valence-electron chi connectivity index (χ1n) is 9.87. The number of nitrogens with zero attached hydrogens (tertiary/aromatic N) is 2. The van der Waals surface area contributed by atoms with Gasteiger partial charge in [-0.3, -0.25) is 14.4 Å². The maximum absolute atomic E-state index is 13.3. The van der Waals surface area contributed by atoms with E-state index in [-0.39, 0.29) is 24.6 Å². The van der Waals surface area contributed by atoms with Crippen molar-refractivity contribution in [3.05, 3.63) is 60.4 Å². The highest BCUT2D eigenvalue weighted by molar-refractivity contribution is 6.23. The number of hydrogen-bond acceptors (Lipinski definition) is 4. The minimum atomic E-state index is -0.940. The highest BCUT2D eigenvalue weighted by Crippen LogP contribution is 2.31. The minimum Gasteiger partial charge on any atom is -0.484 e. The number of para-hydroxylation sites is 1. The van der Waals surface area contributed by atoms with Crippen LogP contribution in [0.4, 0.5) is 10.1 Å². The van der Waals surface area contributed by atoms with Crippen molar-refractivity contribution in [1.82, 2.24) is 4.90 Å². The molecule has 1 saturated heterocycles. The summed E-state index contributed by atoms with van der Waals surface area (Å²) in [5, 5.41) is 0. The van der Waals surface area contributed by atoms with Crippen molar-refractivity contribution in [3.8, 4) is 5.75 Å². The Labute approximate surface area is 175 Å². The summed E-state index contributed by atoms with van der Waals surface area (Å²) in [5.74, 6) is -1.22. The summed E-state index contributed by atoms with van der Waals surface area (Å²) in [6, 6.07) is 13.1. The summed E-state index contributed by atoms with van der Waals surface area (Å²) < 4.78 is 18.8. The summed E-state index contributed by atoms with van der Waals surface area (Å²) in [6.45, 7) is 5.37. The molecule has 1 fully saturated rings. The van der Waals surface area contributed by atoms with Gasteiger partial charge in [-0.05, 0) is 56.7 Å². The first-order valence-corrected chi connectivity index (χ1v) is 9.87. The second-order valence-corrected chi connectivity index (χ2v) is 7.80. The van der Waals surface area contributed by atoms with Crippen LogP contribution in [0, 0.1) is 5.82 Å². The molecule has 0 saturated carbocycles. The number of anilines is 1. The quantitative estimate of drug-likeness (QED) is 0.653. The van der Waals surface area contributed by atoms with E-state index in [1.165, 1.54) is 29.2 Å². The molecule has 0 aliphatic carbocycles. The highest BCUT2D eigenvalue weighted by Gasteiger charge is 2.48. The van der Waals surface area contributed by atoms with Gasteiger partial charge in [0.2, 0.25) is 5.91 Å². The molecule has 3 amide bonds. The maximum Gasteiger partial charge on any atom is 0.261 e. The van der Waals surface area contributed by atoms with Crippen molar-refractivity contribution in [2.75, 3.05) is 11.5 Å². The average Bonchev–Trinajstić information content (AvgIpc) is 3.01. The third-order valence-electron chi connectivity index (χ3n) is 5.41. The van der Waals surface area contributed by atoms with Crippen molar-refractivity contribution >= 4 is 23.4 Å². The van der Waals surface area contributed by atoms with Crippen LogP contribution in [0.2, 0.25) is 0 Å². The van der Waals surface area contributed by atoms with Gasteiger partial charge in [-0.1, -0.05) is 25.1 Å². The lowest BCUT2D eigenvalue weighted by atomic mass is 9.96. The van der Waals surface area contributed by atoms with Gasteiger partial charge in [0.25, 0.3) is 11.8 Å². The van der Waals surface area contributed by atoms with E-state index in [1.807, 2.05) is 26.8 Å². The van der Waals surface area contributed by atoms with E-state index >= 15 is 0 Å². The molecule has 1 aliphatic heterocycles. The average molecular weight is 412 g/mol. The Kier molecular flexibility index (Phi) is 6.20. The highest BCUT2D eigenvalue weighted by atomic mass is 19.1. The van der Waals surface area contributed by atoms with E-state index < -0.39 is 29.2 Å². The minimum absolute atomic E-state index is 0.128. The Morgan fingerprint density at radius 2 is 1.77 bits per heavy atom. The van der Waals surface area contributed by atoms with Crippen molar-refractivity contribution < 1.29 is 23.5 Å². The molecule has 2 aromatic carbocycles. The van der Waals surface area contributed by atoms with Crippen molar-refractivity contribution in [1.29, 1.82) is 0 Å². The van der Waals surface area contributed by atoms with Gasteiger partial charge < -0.3 is 9.64 Å². The molecule has 1 heterocycles. The molecule has 2 aromatic rings. The first-order chi connectivity index (χ1) is 14.2. The van der Waals surface area contributed by atoms with Crippen LogP contribution in [0.3, 0.4) is 0 Å². The predicted molar refractivity (Wildman–Crippen MR) is 110 cm³/mol. The first kappa shape index (κ1) is 21.5. The molecular formula is C23H25FN2O4. The third-order valence-corrected chi connectivity index (χ3v) is 5.41. The molecule has 0 radical (unpaired) electrons. The van der Waals surface area contributed by atoms with Crippen LogP contribution < -0.4 is 9.64 Å². The van der Waals surface area contributed by atoms with E-state index in [1.54, 1.807) is 24.3 Å². The van der Waals surface area contributed by atoms with Gasteiger partial charge in [0.1, 0.15) is 17.6 Å². The molecule has 30 heavy (non-hydrogen) atoms. The van der Waals surface area contributed by atoms with Crippen LogP contribution in [0.25, 0.3) is 0 Å². The smallest absolute Gasteiger partial charge is 0.261 e. The summed E-state index contributed by atoms with van der Waals surface area (Å²) >= 11 is 0. The zero-order chi connectivity index (χ0) is 21.9. The second kappa shape index (κ2) is 8.65. The number of benzene rings is 2. The van der Waals surface area contributed by atoms with Crippen LogP contribution in [-0.2, 0) is 14.4 Å². The lowest BCUT2D eigenvalue weighted by molar-refractivity contribution is -0.146. The van der Waals surface area contributed by atoms with Crippen LogP contribution in [-0.4, -0.2) is 40.8 Å². The van der Waals surface area contributed by atoms with Crippen LogP contribution in [0.5, 0.6) is 5.75 Å². The Hall–Kier alpha value is -3.22. The molecule has 3 rings (SSSR count).